The number of nitrogens with one attached hydrogen (secondary N) is 1. The van der Waals surface area contributed by atoms with Gasteiger partial charge in [0, 0.05) is 28.5 Å². The van der Waals surface area contributed by atoms with Crippen LogP contribution in [0.25, 0.3) is 0 Å². The van der Waals surface area contributed by atoms with Crippen molar-refractivity contribution in [3.8, 4) is 0 Å². The van der Waals surface area contributed by atoms with Gasteiger partial charge in [0.15, 0.2) is 5.78 Å². The van der Waals surface area contributed by atoms with Crippen LogP contribution < -0.4 is 10.9 Å². The minimum atomic E-state index is -0.221. The lowest BCUT2D eigenvalue weighted by Gasteiger charge is -2.03. The molecule has 0 aliphatic carbocycles. The Morgan fingerprint density at radius 2 is 2.05 bits per heavy atom. The lowest BCUT2D eigenvalue weighted by Crippen LogP contribution is -2.22. The number of carbonyl (C=O) groups excluding carboxylic acids is 2. The van der Waals surface area contributed by atoms with Crippen LogP contribution in [0.3, 0.4) is 0 Å². The van der Waals surface area contributed by atoms with Crippen molar-refractivity contribution in [1.29, 1.82) is 0 Å². The normalized spacial score (nSPS) is 10.4. The van der Waals surface area contributed by atoms with Gasteiger partial charge in [-0.15, -0.1) is 11.3 Å². The van der Waals surface area contributed by atoms with Crippen molar-refractivity contribution in [2.75, 3.05) is 0 Å². The van der Waals surface area contributed by atoms with Gasteiger partial charge in [-0.3, -0.25) is 14.4 Å². The van der Waals surface area contributed by atoms with Crippen molar-refractivity contribution >= 4 is 39.0 Å². The van der Waals surface area contributed by atoms with E-state index in [0.29, 0.717) is 11.4 Å². The molecule has 0 aliphatic rings. The van der Waals surface area contributed by atoms with Gasteiger partial charge in [0.05, 0.1) is 18.0 Å². The van der Waals surface area contributed by atoms with Crippen LogP contribution in [0.4, 0.5) is 0 Å². The Labute approximate surface area is 133 Å². The minimum Gasteiger partial charge on any atom is -0.351 e. The van der Waals surface area contributed by atoms with E-state index in [1.807, 2.05) is 0 Å². The first-order valence-corrected chi connectivity index (χ1v) is 7.79. The number of Topliss-reactive ketones (excluding diaryl/α,β-unsaturated/α-hetero) is 1. The molecule has 21 heavy (non-hydrogen) atoms. The largest absolute Gasteiger partial charge is 0.351 e. The van der Waals surface area contributed by atoms with E-state index < -0.39 is 0 Å². The summed E-state index contributed by atoms with van der Waals surface area (Å²) in [5.74, 6) is -0.244. The van der Waals surface area contributed by atoms with Crippen LogP contribution in [0.1, 0.15) is 21.5 Å². The summed E-state index contributed by atoms with van der Waals surface area (Å²) in [5, 5.41) is 2.68. The van der Waals surface area contributed by atoms with Crippen LogP contribution >= 0.6 is 27.3 Å². The second kappa shape index (κ2) is 6.82. The van der Waals surface area contributed by atoms with Gasteiger partial charge in [-0.2, -0.15) is 0 Å². The number of ketones is 1. The van der Waals surface area contributed by atoms with Crippen molar-refractivity contribution < 1.29 is 9.59 Å². The molecule has 0 bridgehead atoms. The molecule has 0 radical (unpaired) electrons. The molecule has 0 fully saturated rings. The van der Waals surface area contributed by atoms with Crippen LogP contribution in [0.2, 0.25) is 0 Å². The monoisotopic (exact) mass is 368 g/mol. The molecule has 1 N–H and O–H groups in total. The molecule has 0 unspecified atom stereocenters. The average molecular weight is 369 g/mol. The molecule has 0 aromatic carbocycles. The maximum Gasteiger partial charge on any atom is 0.251 e. The Hall–Kier alpha value is -1.73. The molecule has 0 aliphatic heterocycles. The number of thiophene rings is 1. The fraction of sp³-hybridized carbons (Fsp3) is 0.214. The van der Waals surface area contributed by atoms with Crippen molar-refractivity contribution in [2.45, 2.75) is 20.0 Å². The Bertz CT molecular complexity index is 736. The summed E-state index contributed by atoms with van der Waals surface area (Å²) < 4.78 is 2.10. The van der Waals surface area contributed by atoms with Crippen molar-refractivity contribution in [1.82, 2.24) is 9.88 Å². The summed E-state index contributed by atoms with van der Waals surface area (Å²) in [7, 11) is 0. The molecule has 7 heteroatoms. The maximum atomic E-state index is 12.2. The highest BCUT2D eigenvalue weighted by molar-refractivity contribution is 9.10. The van der Waals surface area contributed by atoms with Crippen LogP contribution in [0.5, 0.6) is 0 Å². The predicted octanol–water partition coefficient (Wildman–Crippen LogP) is 2.19. The van der Waals surface area contributed by atoms with E-state index in [1.54, 1.807) is 24.4 Å². The van der Waals surface area contributed by atoms with E-state index in [-0.39, 0.29) is 23.8 Å². The number of pyridine rings is 1. The van der Waals surface area contributed by atoms with E-state index in [1.165, 1.54) is 28.9 Å². The van der Waals surface area contributed by atoms with Gasteiger partial charge in [0.2, 0.25) is 5.91 Å². The number of rotatable bonds is 5. The van der Waals surface area contributed by atoms with Gasteiger partial charge in [0.1, 0.15) is 0 Å². The average Bonchev–Trinajstić information content (AvgIpc) is 2.89. The van der Waals surface area contributed by atoms with Crippen molar-refractivity contribution in [3.05, 3.63) is 55.0 Å². The Kier molecular flexibility index (Phi) is 5.08. The molecular formula is C14H13BrN2O3S. The highest BCUT2D eigenvalue weighted by atomic mass is 79.9. The topological polar surface area (TPSA) is 68.2 Å². The zero-order valence-corrected chi connectivity index (χ0v) is 13.7. The first-order valence-electron chi connectivity index (χ1n) is 6.18. The van der Waals surface area contributed by atoms with E-state index >= 15 is 0 Å². The summed E-state index contributed by atoms with van der Waals surface area (Å²) in [5.41, 5.74) is -0.221. The molecule has 2 aromatic heterocycles. The molecule has 2 rings (SSSR count). The standard InChI is InChI=1S/C14H13BrN2O3S/c1-9(18)16-6-11-3-4-13(21-11)12(19)8-17-7-10(15)2-5-14(17)20/h2-5,7H,6,8H2,1H3,(H,16,18). The van der Waals surface area contributed by atoms with Crippen molar-refractivity contribution in [3.63, 3.8) is 0 Å². The summed E-state index contributed by atoms with van der Waals surface area (Å²) in [4.78, 5) is 36.2. The molecule has 110 valence electrons. The second-order valence-corrected chi connectivity index (χ2v) is 6.50. The Morgan fingerprint density at radius 1 is 1.29 bits per heavy atom. The number of halogens is 1. The highest BCUT2D eigenvalue weighted by Gasteiger charge is 2.11. The quantitative estimate of drug-likeness (QED) is 0.822. The van der Waals surface area contributed by atoms with Gasteiger partial charge in [-0.1, -0.05) is 0 Å². The number of amides is 1. The molecule has 0 saturated carbocycles. The van der Waals surface area contributed by atoms with Crippen LogP contribution in [-0.2, 0) is 17.9 Å². The van der Waals surface area contributed by atoms with E-state index in [0.717, 1.165) is 9.35 Å². The third-order valence-corrected chi connectivity index (χ3v) is 4.30. The van der Waals surface area contributed by atoms with Gasteiger partial charge in [-0.25, -0.2) is 0 Å². The molecule has 0 spiro atoms. The smallest absolute Gasteiger partial charge is 0.251 e. The fourth-order valence-corrected chi connectivity index (χ4v) is 2.95. The first kappa shape index (κ1) is 15.7. The predicted molar refractivity (Wildman–Crippen MR) is 84.6 cm³/mol. The molecule has 2 heterocycles. The molecule has 2 aromatic rings. The molecular weight excluding hydrogens is 356 g/mol. The number of carbonyl (C=O) groups is 2. The fourth-order valence-electron chi connectivity index (χ4n) is 1.69. The zero-order chi connectivity index (χ0) is 15.4. The van der Waals surface area contributed by atoms with E-state index in [2.05, 4.69) is 21.2 Å². The molecule has 0 saturated heterocycles. The van der Waals surface area contributed by atoms with Gasteiger partial charge in [-0.05, 0) is 34.1 Å². The third-order valence-electron chi connectivity index (χ3n) is 2.71. The van der Waals surface area contributed by atoms with Gasteiger partial charge in [0.25, 0.3) is 5.56 Å². The maximum absolute atomic E-state index is 12.2. The molecule has 5 nitrogen and oxygen atoms in total. The number of hydrogen-bond donors (Lipinski definition) is 1. The summed E-state index contributed by atoms with van der Waals surface area (Å²) in [6, 6.07) is 6.57. The lowest BCUT2D eigenvalue weighted by atomic mass is 10.3. The van der Waals surface area contributed by atoms with Crippen LogP contribution in [0, 0.1) is 0 Å². The van der Waals surface area contributed by atoms with E-state index in [4.69, 9.17) is 0 Å². The number of aromatic nitrogens is 1. The highest BCUT2D eigenvalue weighted by Crippen LogP contribution is 2.17. The number of hydrogen-bond acceptors (Lipinski definition) is 4. The lowest BCUT2D eigenvalue weighted by molar-refractivity contribution is -0.119. The summed E-state index contributed by atoms with van der Waals surface area (Å²) in [6.45, 7) is 1.85. The second-order valence-electron chi connectivity index (χ2n) is 4.41. The van der Waals surface area contributed by atoms with Crippen LogP contribution in [0.15, 0.2) is 39.7 Å². The minimum absolute atomic E-state index is 0.00162. The Morgan fingerprint density at radius 3 is 2.76 bits per heavy atom. The van der Waals surface area contributed by atoms with E-state index in [9.17, 15) is 14.4 Å². The Balaban J connectivity index is 2.08. The third kappa shape index (κ3) is 4.37. The van der Waals surface area contributed by atoms with Gasteiger partial charge >= 0.3 is 0 Å². The first-order chi connectivity index (χ1) is 9.95. The SMILES string of the molecule is CC(=O)NCc1ccc(C(=O)Cn2cc(Br)ccc2=O)s1. The van der Waals surface area contributed by atoms with Gasteiger partial charge < -0.3 is 9.88 Å². The molecule has 0 atom stereocenters. The summed E-state index contributed by atoms with van der Waals surface area (Å²) >= 11 is 4.59. The summed E-state index contributed by atoms with van der Waals surface area (Å²) in [6.07, 6.45) is 1.59. The van der Waals surface area contributed by atoms with Crippen molar-refractivity contribution in [2.24, 2.45) is 0 Å². The zero-order valence-electron chi connectivity index (χ0n) is 11.3. The number of nitrogens with zero attached hydrogens (tertiary/aromatic N) is 1. The molecule has 1 amide bonds. The van der Waals surface area contributed by atoms with Crippen LogP contribution in [-0.4, -0.2) is 16.3 Å².